The second kappa shape index (κ2) is 4.96. The van der Waals surface area contributed by atoms with Crippen LogP contribution in [-0.4, -0.2) is 22.4 Å². The van der Waals surface area contributed by atoms with Gasteiger partial charge in [-0.15, -0.1) is 0 Å². The molecule has 0 aliphatic heterocycles. The molecule has 1 rings (SSSR count). The molecule has 4 heteroatoms. The quantitative estimate of drug-likeness (QED) is 0.716. The van der Waals surface area contributed by atoms with Crippen molar-refractivity contribution in [3.63, 3.8) is 0 Å². The van der Waals surface area contributed by atoms with E-state index in [9.17, 15) is 4.79 Å². The lowest BCUT2D eigenvalue weighted by molar-refractivity contribution is 0.0525. The maximum atomic E-state index is 11.5. The van der Waals surface area contributed by atoms with Crippen LogP contribution in [-0.2, 0) is 4.74 Å². The highest BCUT2D eigenvalue weighted by atomic mass is 16.5. The summed E-state index contributed by atoms with van der Waals surface area (Å²) in [6, 6.07) is 0.313. The van der Waals surface area contributed by atoms with E-state index in [2.05, 4.69) is 18.9 Å². The minimum atomic E-state index is -0.287. The number of aromatic nitrogens is 2. The molecule has 0 aliphatic carbocycles. The fourth-order valence-corrected chi connectivity index (χ4v) is 1.45. The van der Waals surface area contributed by atoms with Crippen LogP contribution in [0.4, 0.5) is 0 Å². The first-order valence-corrected chi connectivity index (χ1v) is 5.33. The number of carbonyl (C=O) groups excluding carboxylic acids is 1. The summed E-state index contributed by atoms with van der Waals surface area (Å²) in [6.45, 7) is 8.26. The summed E-state index contributed by atoms with van der Waals surface area (Å²) in [5.74, 6) is -0.287. The molecule has 1 unspecified atom stereocenters. The molecule has 1 heterocycles. The minimum absolute atomic E-state index is 0.287. The van der Waals surface area contributed by atoms with Gasteiger partial charge in [0.05, 0.1) is 18.5 Å². The third-order valence-corrected chi connectivity index (χ3v) is 2.55. The fourth-order valence-electron chi connectivity index (χ4n) is 1.45. The lowest BCUT2D eigenvalue weighted by Crippen LogP contribution is -2.10. The van der Waals surface area contributed by atoms with Gasteiger partial charge in [0, 0.05) is 6.04 Å². The summed E-state index contributed by atoms with van der Waals surface area (Å²) in [5, 5.41) is 4.21. The Bertz CT molecular complexity index is 344. The molecule has 0 spiro atoms. The lowest BCUT2D eigenvalue weighted by Gasteiger charge is -2.11. The minimum Gasteiger partial charge on any atom is -0.462 e. The Balaban J connectivity index is 2.93. The molecule has 0 saturated carbocycles. The highest BCUT2D eigenvalue weighted by Crippen LogP contribution is 2.16. The van der Waals surface area contributed by atoms with E-state index in [4.69, 9.17) is 4.74 Å². The van der Waals surface area contributed by atoms with Gasteiger partial charge in [0.15, 0.2) is 0 Å². The molecule has 0 amide bonds. The average molecular weight is 210 g/mol. The molecule has 1 aromatic heterocycles. The fraction of sp³-hybridized carbons (Fsp3) is 0.636. The first-order valence-electron chi connectivity index (χ1n) is 5.33. The predicted octanol–water partition coefficient (Wildman–Crippen LogP) is 2.34. The molecule has 0 fully saturated rings. The number of esters is 1. The van der Waals surface area contributed by atoms with Crippen LogP contribution >= 0.6 is 0 Å². The van der Waals surface area contributed by atoms with Crippen LogP contribution < -0.4 is 0 Å². The van der Waals surface area contributed by atoms with Crippen LogP contribution in [0.2, 0.25) is 0 Å². The largest absolute Gasteiger partial charge is 0.462 e. The number of rotatable bonds is 4. The Labute approximate surface area is 90.2 Å². The molecule has 15 heavy (non-hydrogen) atoms. The van der Waals surface area contributed by atoms with Crippen LogP contribution in [0, 0.1) is 6.92 Å². The molecule has 0 radical (unpaired) electrons. The normalized spacial score (nSPS) is 12.5. The summed E-state index contributed by atoms with van der Waals surface area (Å²) in [6.07, 6.45) is 2.57. The van der Waals surface area contributed by atoms with E-state index in [1.54, 1.807) is 13.1 Å². The van der Waals surface area contributed by atoms with Crippen molar-refractivity contribution in [3.05, 3.63) is 17.5 Å². The van der Waals surface area contributed by atoms with Gasteiger partial charge in [-0.2, -0.15) is 5.10 Å². The van der Waals surface area contributed by atoms with Gasteiger partial charge in [-0.1, -0.05) is 6.92 Å². The summed E-state index contributed by atoms with van der Waals surface area (Å²) in [7, 11) is 0. The van der Waals surface area contributed by atoms with Gasteiger partial charge in [-0.05, 0) is 27.2 Å². The molecule has 0 saturated heterocycles. The van der Waals surface area contributed by atoms with Crippen LogP contribution in [0.15, 0.2) is 6.20 Å². The van der Waals surface area contributed by atoms with Gasteiger partial charge in [-0.3, -0.25) is 4.68 Å². The van der Waals surface area contributed by atoms with Crippen molar-refractivity contribution in [1.29, 1.82) is 0 Å². The van der Waals surface area contributed by atoms with Crippen molar-refractivity contribution >= 4 is 5.97 Å². The first kappa shape index (κ1) is 11.8. The number of hydrogen-bond acceptors (Lipinski definition) is 3. The molecule has 84 valence electrons. The van der Waals surface area contributed by atoms with Crippen molar-refractivity contribution in [2.75, 3.05) is 6.61 Å². The molecular formula is C11H18N2O2. The third-order valence-electron chi connectivity index (χ3n) is 2.55. The number of nitrogens with zero attached hydrogens (tertiary/aromatic N) is 2. The summed E-state index contributed by atoms with van der Waals surface area (Å²) in [5.41, 5.74) is 1.44. The van der Waals surface area contributed by atoms with E-state index in [0.29, 0.717) is 18.2 Å². The summed E-state index contributed by atoms with van der Waals surface area (Å²) >= 11 is 0. The smallest absolute Gasteiger partial charge is 0.341 e. The number of ether oxygens (including phenoxy) is 1. The molecule has 1 atom stereocenters. The molecular weight excluding hydrogens is 192 g/mol. The highest BCUT2D eigenvalue weighted by molar-refractivity contribution is 5.90. The van der Waals surface area contributed by atoms with Crippen molar-refractivity contribution in [2.24, 2.45) is 0 Å². The zero-order chi connectivity index (χ0) is 11.4. The maximum absolute atomic E-state index is 11.5. The van der Waals surface area contributed by atoms with Crippen LogP contribution in [0.3, 0.4) is 0 Å². The summed E-state index contributed by atoms with van der Waals surface area (Å²) < 4.78 is 6.81. The van der Waals surface area contributed by atoms with Crippen LogP contribution in [0.25, 0.3) is 0 Å². The van der Waals surface area contributed by atoms with E-state index < -0.39 is 0 Å². The van der Waals surface area contributed by atoms with Gasteiger partial charge >= 0.3 is 5.97 Å². The van der Waals surface area contributed by atoms with Gasteiger partial charge in [0.2, 0.25) is 0 Å². The highest BCUT2D eigenvalue weighted by Gasteiger charge is 2.16. The van der Waals surface area contributed by atoms with E-state index in [-0.39, 0.29) is 5.97 Å². The Hall–Kier alpha value is -1.32. The number of carbonyl (C=O) groups is 1. The second-order valence-corrected chi connectivity index (χ2v) is 3.57. The Morgan fingerprint density at radius 1 is 1.60 bits per heavy atom. The van der Waals surface area contributed by atoms with E-state index in [1.165, 1.54) is 0 Å². The van der Waals surface area contributed by atoms with E-state index in [1.807, 2.05) is 11.6 Å². The topological polar surface area (TPSA) is 44.1 Å². The van der Waals surface area contributed by atoms with Crippen LogP contribution in [0.5, 0.6) is 0 Å². The Morgan fingerprint density at radius 3 is 2.80 bits per heavy atom. The lowest BCUT2D eigenvalue weighted by atomic mass is 10.2. The predicted molar refractivity (Wildman–Crippen MR) is 57.9 cm³/mol. The average Bonchev–Trinajstić information content (AvgIpc) is 2.59. The Morgan fingerprint density at radius 2 is 2.27 bits per heavy atom. The molecule has 0 N–H and O–H groups in total. The second-order valence-electron chi connectivity index (χ2n) is 3.57. The monoisotopic (exact) mass is 210 g/mol. The van der Waals surface area contributed by atoms with E-state index in [0.717, 1.165) is 12.1 Å². The number of hydrogen-bond donors (Lipinski definition) is 0. The first-order chi connectivity index (χ1) is 7.11. The van der Waals surface area contributed by atoms with E-state index >= 15 is 0 Å². The maximum Gasteiger partial charge on any atom is 0.341 e. The van der Waals surface area contributed by atoms with Crippen molar-refractivity contribution in [1.82, 2.24) is 9.78 Å². The standard InChI is InChI=1S/C11H18N2O2/c1-5-8(3)13-9(4)10(7-12-13)11(14)15-6-2/h7-8H,5-6H2,1-4H3. The zero-order valence-electron chi connectivity index (χ0n) is 9.78. The third kappa shape index (κ3) is 2.37. The van der Waals surface area contributed by atoms with Crippen molar-refractivity contribution in [3.8, 4) is 0 Å². The van der Waals surface area contributed by atoms with Gasteiger partial charge in [0.25, 0.3) is 0 Å². The summed E-state index contributed by atoms with van der Waals surface area (Å²) in [4.78, 5) is 11.5. The molecule has 1 aromatic rings. The van der Waals surface area contributed by atoms with Crippen molar-refractivity contribution in [2.45, 2.75) is 40.2 Å². The van der Waals surface area contributed by atoms with Gasteiger partial charge in [-0.25, -0.2) is 4.79 Å². The van der Waals surface area contributed by atoms with Crippen molar-refractivity contribution < 1.29 is 9.53 Å². The SMILES string of the molecule is CCOC(=O)c1cnn(C(C)CC)c1C. The Kier molecular flexibility index (Phi) is 3.88. The molecule has 0 aliphatic rings. The van der Waals surface area contributed by atoms with Gasteiger partial charge < -0.3 is 4.74 Å². The molecule has 4 nitrogen and oxygen atoms in total. The van der Waals surface area contributed by atoms with Crippen LogP contribution in [0.1, 0.15) is 49.3 Å². The molecule has 0 bridgehead atoms. The molecule has 0 aromatic carbocycles. The zero-order valence-corrected chi connectivity index (χ0v) is 9.78. The van der Waals surface area contributed by atoms with Gasteiger partial charge in [0.1, 0.15) is 5.56 Å².